The number of hydrogen-bond acceptors (Lipinski definition) is 2. The van der Waals surface area contributed by atoms with E-state index in [1.54, 1.807) is 14.2 Å². The lowest BCUT2D eigenvalue weighted by Crippen LogP contribution is -1.86. The van der Waals surface area contributed by atoms with Crippen molar-refractivity contribution >= 4 is 10.8 Å². The molecule has 0 aliphatic heterocycles. The van der Waals surface area contributed by atoms with Crippen LogP contribution in [0.3, 0.4) is 0 Å². The Bertz CT molecular complexity index is 730. The first-order valence-electron chi connectivity index (χ1n) is 6.53. The maximum atomic E-state index is 5.39. The van der Waals surface area contributed by atoms with Gasteiger partial charge in [-0.1, -0.05) is 36.4 Å². The van der Waals surface area contributed by atoms with E-state index in [-0.39, 0.29) is 0 Å². The Hall–Kier alpha value is -2.48. The minimum Gasteiger partial charge on any atom is -0.497 e. The van der Waals surface area contributed by atoms with Crippen LogP contribution in [-0.2, 0) is 0 Å². The van der Waals surface area contributed by atoms with Crippen LogP contribution in [0, 0.1) is 0 Å². The van der Waals surface area contributed by atoms with Crippen LogP contribution in [0.1, 0.15) is 0 Å². The third-order valence-electron chi connectivity index (χ3n) is 3.48. The molecule has 20 heavy (non-hydrogen) atoms. The summed E-state index contributed by atoms with van der Waals surface area (Å²) in [5.41, 5.74) is 2.36. The number of benzene rings is 3. The molecule has 0 aliphatic carbocycles. The molecule has 0 aromatic heterocycles. The van der Waals surface area contributed by atoms with Crippen molar-refractivity contribution in [1.82, 2.24) is 0 Å². The Labute approximate surface area is 118 Å². The SMILES string of the molecule is COc1ccc(-c2ccc3c(OC)cccc3c2)cc1. The van der Waals surface area contributed by atoms with E-state index in [1.165, 1.54) is 16.5 Å². The second-order valence-electron chi connectivity index (χ2n) is 4.62. The van der Waals surface area contributed by atoms with Crippen molar-refractivity contribution in [2.45, 2.75) is 0 Å². The van der Waals surface area contributed by atoms with Crippen LogP contribution in [0.5, 0.6) is 11.5 Å². The van der Waals surface area contributed by atoms with Crippen LogP contribution in [0.2, 0.25) is 0 Å². The van der Waals surface area contributed by atoms with Crippen LogP contribution in [0.4, 0.5) is 0 Å². The summed E-state index contributed by atoms with van der Waals surface area (Å²) in [6.07, 6.45) is 0. The first-order chi connectivity index (χ1) is 9.81. The third kappa shape index (κ3) is 2.21. The number of fused-ring (bicyclic) bond motifs is 1. The van der Waals surface area contributed by atoms with Crippen molar-refractivity contribution in [2.75, 3.05) is 14.2 Å². The van der Waals surface area contributed by atoms with Gasteiger partial charge in [-0.2, -0.15) is 0 Å². The van der Waals surface area contributed by atoms with Crippen LogP contribution in [-0.4, -0.2) is 14.2 Å². The number of methoxy groups -OCH3 is 2. The largest absolute Gasteiger partial charge is 0.497 e. The second-order valence-corrected chi connectivity index (χ2v) is 4.62. The standard InChI is InChI=1S/C18H16O2/c1-19-16-9-6-13(7-10-16)14-8-11-17-15(12-14)4-3-5-18(17)20-2/h3-12H,1-2H3. The van der Waals surface area contributed by atoms with Gasteiger partial charge in [0.1, 0.15) is 11.5 Å². The normalized spacial score (nSPS) is 10.5. The lowest BCUT2D eigenvalue weighted by molar-refractivity contribution is 0.415. The van der Waals surface area contributed by atoms with E-state index in [4.69, 9.17) is 9.47 Å². The Morgan fingerprint density at radius 3 is 2.15 bits per heavy atom. The molecule has 100 valence electrons. The van der Waals surface area contributed by atoms with E-state index in [0.29, 0.717) is 0 Å². The van der Waals surface area contributed by atoms with Gasteiger partial charge in [-0.25, -0.2) is 0 Å². The third-order valence-corrected chi connectivity index (χ3v) is 3.48. The Kier molecular flexibility index (Phi) is 3.30. The predicted octanol–water partition coefficient (Wildman–Crippen LogP) is 4.52. The molecule has 3 rings (SSSR count). The molecular formula is C18H16O2. The minimum absolute atomic E-state index is 0.871. The van der Waals surface area contributed by atoms with Crippen molar-refractivity contribution in [3.05, 3.63) is 60.7 Å². The lowest BCUT2D eigenvalue weighted by atomic mass is 10.0. The quantitative estimate of drug-likeness (QED) is 0.692. The Morgan fingerprint density at radius 1 is 0.700 bits per heavy atom. The minimum atomic E-state index is 0.871. The van der Waals surface area contributed by atoms with Gasteiger partial charge < -0.3 is 9.47 Å². The number of ether oxygens (including phenoxy) is 2. The van der Waals surface area contributed by atoms with Crippen LogP contribution in [0.25, 0.3) is 21.9 Å². The van der Waals surface area contributed by atoms with Crippen LogP contribution >= 0.6 is 0 Å². The van der Waals surface area contributed by atoms with Gasteiger partial charge in [0.2, 0.25) is 0 Å². The fourth-order valence-electron chi connectivity index (χ4n) is 2.39. The van der Waals surface area contributed by atoms with Gasteiger partial charge in [-0.15, -0.1) is 0 Å². The summed E-state index contributed by atoms with van der Waals surface area (Å²) < 4.78 is 10.6. The van der Waals surface area contributed by atoms with Crippen LogP contribution in [0.15, 0.2) is 60.7 Å². The average molecular weight is 264 g/mol. The van der Waals surface area contributed by atoms with Gasteiger partial charge in [0.25, 0.3) is 0 Å². The van der Waals surface area contributed by atoms with Gasteiger partial charge in [-0.05, 0) is 40.8 Å². The molecule has 0 bridgehead atoms. The van der Waals surface area contributed by atoms with Gasteiger partial charge in [0, 0.05) is 5.39 Å². The molecule has 0 heterocycles. The van der Waals surface area contributed by atoms with Gasteiger partial charge in [-0.3, -0.25) is 0 Å². The topological polar surface area (TPSA) is 18.5 Å². The zero-order valence-electron chi connectivity index (χ0n) is 11.6. The predicted molar refractivity (Wildman–Crippen MR) is 82.5 cm³/mol. The van der Waals surface area contributed by atoms with E-state index in [9.17, 15) is 0 Å². The highest BCUT2D eigenvalue weighted by molar-refractivity contribution is 5.91. The first kappa shape index (κ1) is 12.5. The monoisotopic (exact) mass is 264 g/mol. The van der Waals surface area contributed by atoms with E-state index in [2.05, 4.69) is 36.4 Å². The molecule has 0 unspecified atom stereocenters. The van der Waals surface area contributed by atoms with Crippen molar-refractivity contribution in [3.63, 3.8) is 0 Å². The molecule has 0 fully saturated rings. The van der Waals surface area contributed by atoms with E-state index < -0.39 is 0 Å². The van der Waals surface area contributed by atoms with E-state index in [0.717, 1.165) is 16.9 Å². The summed E-state index contributed by atoms with van der Waals surface area (Å²) in [6, 6.07) is 20.6. The maximum absolute atomic E-state index is 5.39. The molecule has 0 saturated heterocycles. The molecule has 0 spiro atoms. The molecule has 0 amide bonds. The molecule has 0 N–H and O–H groups in total. The summed E-state index contributed by atoms with van der Waals surface area (Å²) in [4.78, 5) is 0. The van der Waals surface area contributed by atoms with E-state index >= 15 is 0 Å². The zero-order chi connectivity index (χ0) is 13.9. The summed E-state index contributed by atoms with van der Waals surface area (Å²) in [6.45, 7) is 0. The van der Waals surface area contributed by atoms with Gasteiger partial charge >= 0.3 is 0 Å². The van der Waals surface area contributed by atoms with E-state index in [1.807, 2.05) is 24.3 Å². The number of rotatable bonds is 3. The Balaban J connectivity index is 2.08. The van der Waals surface area contributed by atoms with Gasteiger partial charge in [0.05, 0.1) is 14.2 Å². The molecular weight excluding hydrogens is 248 g/mol. The summed E-state index contributed by atoms with van der Waals surface area (Å²) in [7, 11) is 3.38. The molecule has 0 saturated carbocycles. The smallest absolute Gasteiger partial charge is 0.126 e. The van der Waals surface area contributed by atoms with Crippen molar-refractivity contribution in [2.24, 2.45) is 0 Å². The highest BCUT2D eigenvalue weighted by Crippen LogP contribution is 2.30. The molecule has 0 radical (unpaired) electrons. The highest BCUT2D eigenvalue weighted by Gasteiger charge is 2.03. The molecule has 0 atom stereocenters. The first-order valence-corrected chi connectivity index (χ1v) is 6.53. The van der Waals surface area contributed by atoms with Gasteiger partial charge in [0.15, 0.2) is 0 Å². The zero-order valence-corrected chi connectivity index (χ0v) is 11.6. The van der Waals surface area contributed by atoms with Crippen molar-refractivity contribution in [3.8, 4) is 22.6 Å². The average Bonchev–Trinajstić information content (AvgIpc) is 2.53. The second kappa shape index (κ2) is 5.25. The lowest BCUT2D eigenvalue weighted by Gasteiger charge is -2.08. The maximum Gasteiger partial charge on any atom is 0.126 e. The van der Waals surface area contributed by atoms with Crippen molar-refractivity contribution in [1.29, 1.82) is 0 Å². The molecule has 3 aromatic carbocycles. The number of hydrogen-bond donors (Lipinski definition) is 0. The Morgan fingerprint density at radius 2 is 1.45 bits per heavy atom. The molecule has 3 aromatic rings. The summed E-state index contributed by atoms with van der Waals surface area (Å²) in [5.74, 6) is 1.78. The highest BCUT2D eigenvalue weighted by atomic mass is 16.5. The fourth-order valence-corrected chi connectivity index (χ4v) is 2.39. The molecule has 2 heteroatoms. The fraction of sp³-hybridized carbons (Fsp3) is 0.111. The summed E-state index contributed by atoms with van der Waals surface area (Å²) >= 11 is 0. The molecule has 0 aliphatic rings. The van der Waals surface area contributed by atoms with Crippen molar-refractivity contribution < 1.29 is 9.47 Å². The van der Waals surface area contributed by atoms with Crippen LogP contribution < -0.4 is 9.47 Å². The summed E-state index contributed by atoms with van der Waals surface area (Å²) in [5, 5.41) is 2.31. The molecule has 2 nitrogen and oxygen atoms in total.